The van der Waals surface area contributed by atoms with Crippen molar-refractivity contribution >= 4 is 39.5 Å². The molecule has 0 aliphatic heterocycles. The van der Waals surface area contributed by atoms with Crippen LogP contribution in [0.25, 0.3) is 21.9 Å². The molecule has 0 saturated carbocycles. The minimum absolute atomic E-state index is 0.159. The van der Waals surface area contributed by atoms with E-state index in [4.69, 9.17) is 9.47 Å². The smallest absolute Gasteiger partial charge is 0.316 e. The summed E-state index contributed by atoms with van der Waals surface area (Å²) in [5.74, 6) is 2.82. The maximum atomic E-state index is 11.7. The van der Waals surface area contributed by atoms with E-state index < -0.39 is 0 Å². The minimum atomic E-state index is -0.159. The zero-order valence-electron chi connectivity index (χ0n) is 21.7. The molecule has 2 amide bonds. The van der Waals surface area contributed by atoms with Crippen molar-refractivity contribution in [3.05, 3.63) is 72.8 Å². The number of amides is 2. The third kappa shape index (κ3) is 5.44. The largest absolute Gasteiger partial charge is 0.492 e. The number of aryl methyl sites for hydroxylation is 2. The van der Waals surface area contributed by atoms with Crippen LogP contribution in [-0.2, 0) is 7.05 Å². The van der Waals surface area contributed by atoms with E-state index in [9.17, 15) is 4.79 Å². The van der Waals surface area contributed by atoms with Gasteiger partial charge >= 0.3 is 6.03 Å². The number of imidazole rings is 1. The first kappa shape index (κ1) is 24.8. The third-order valence-electron chi connectivity index (χ3n) is 6.02. The van der Waals surface area contributed by atoms with E-state index in [2.05, 4.69) is 25.6 Å². The van der Waals surface area contributed by atoms with Crippen LogP contribution in [0.1, 0.15) is 5.56 Å². The summed E-state index contributed by atoms with van der Waals surface area (Å²) in [6.07, 6.45) is 3.32. The average molecular weight is 512 g/mol. The number of hydrogen-bond donors (Lipinski definition) is 2. The number of ether oxygens (including phenoxy) is 2. The van der Waals surface area contributed by atoms with Crippen molar-refractivity contribution in [2.75, 3.05) is 32.6 Å². The molecule has 0 spiro atoms. The van der Waals surface area contributed by atoms with Gasteiger partial charge in [-0.2, -0.15) is 0 Å². The van der Waals surface area contributed by atoms with Gasteiger partial charge in [-0.05, 0) is 61.0 Å². The SMILES string of the molecule is Cc1cc(Nc2ncnc3ccc(OCCNC(=O)N(C)C)cc23)ccc1Oc1ccc2c(c1)ncn2C. The lowest BCUT2D eigenvalue weighted by Gasteiger charge is -2.14. The van der Waals surface area contributed by atoms with E-state index in [0.29, 0.717) is 24.7 Å². The molecule has 0 unspecified atom stereocenters. The van der Waals surface area contributed by atoms with E-state index in [0.717, 1.165) is 44.7 Å². The number of urea groups is 1. The van der Waals surface area contributed by atoms with E-state index in [1.165, 1.54) is 11.2 Å². The fourth-order valence-electron chi connectivity index (χ4n) is 3.99. The van der Waals surface area contributed by atoms with Gasteiger partial charge in [0.25, 0.3) is 0 Å². The number of hydrogen-bond acceptors (Lipinski definition) is 7. The Hall–Kier alpha value is -4.86. The number of rotatable bonds is 8. The Balaban J connectivity index is 1.29. The molecule has 5 aromatic rings. The lowest BCUT2D eigenvalue weighted by Crippen LogP contribution is -2.36. The van der Waals surface area contributed by atoms with Crippen LogP contribution in [0.3, 0.4) is 0 Å². The summed E-state index contributed by atoms with van der Waals surface area (Å²) in [6, 6.07) is 17.2. The van der Waals surface area contributed by atoms with Crippen LogP contribution in [-0.4, -0.2) is 57.7 Å². The zero-order valence-corrected chi connectivity index (χ0v) is 21.7. The topological polar surface area (TPSA) is 106 Å². The number of anilines is 2. The lowest BCUT2D eigenvalue weighted by atomic mass is 10.2. The van der Waals surface area contributed by atoms with E-state index >= 15 is 0 Å². The van der Waals surface area contributed by atoms with Crippen molar-refractivity contribution < 1.29 is 14.3 Å². The van der Waals surface area contributed by atoms with Crippen LogP contribution in [0.2, 0.25) is 0 Å². The van der Waals surface area contributed by atoms with Crippen molar-refractivity contribution in [1.82, 2.24) is 29.7 Å². The van der Waals surface area contributed by atoms with Crippen molar-refractivity contribution in [2.24, 2.45) is 7.05 Å². The summed E-state index contributed by atoms with van der Waals surface area (Å²) < 4.78 is 13.9. The highest BCUT2D eigenvalue weighted by Crippen LogP contribution is 2.31. The van der Waals surface area contributed by atoms with Gasteiger partial charge in [-0.3, -0.25) is 0 Å². The highest BCUT2D eigenvalue weighted by Gasteiger charge is 2.10. The Labute approximate surface area is 220 Å². The number of aromatic nitrogens is 4. The van der Waals surface area contributed by atoms with Crippen LogP contribution >= 0.6 is 0 Å². The fourth-order valence-corrected chi connectivity index (χ4v) is 3.99. The van der Waals surface area contributed by atoms with E-state index in [-0.39, 0.29) is 6.03 Å². The van der Waals surface area contributed by atoms with Crippen LogP contribution < -0.4 is 20.1 Å². The van der Waals surface area contributed by atoms with Gasteiger partial charge in [0.2, 0.25) is 0 Å². The summed E-state index contributed by atoms with van der Waals surface area (Å²) in [5, 5.41) is 6.99. The summed E-state index contributed by atoms with van der Waals surface area (Å²) in [6.45, 7) is 2.74. The number of carbonyl (C=O) groups excluding carboxylic acids is 1. The molecule has 194 valence electrons. The fraction of sp³-hybridized carbons (Fsp3) is 0.214. The average Bonchev–Trinajstić information content (AvgIpc) is 3.28. The second-order valence-corrected chi connectivity index (χ2v) is 9.09. The Kier molecular flexibility index (Phi) is 6.94. The van der Waals surface area contributed by atoms with Gasteiger partial charge in [0.15, 0.2) is 0 Å². The van der Waals surface area contributed by atoms with Gasteiger partial charge < -0.3 is 29.6 Å². The second-order valence-electron chi connectivity index (χ2n) is 9.09. The van der Waals surface area contributed by atoms with Crippen molar-refractivity contribution in [3.8, 4) is 17.2 Å². The van der Waals surface area contributed by atoms with Crippen LogP contribution in [0.15, 0.2) is 67.3 Å². The quantitative estimate of drug-likeness (QED) is 0.282. The first-order valence-electron chi connectivity index (χ1n) is 12.2. The van der Waals surface area contributed by atoms with Crippen LogP contribution in [0, 0.1) is 6.92 Å². The van der Waals surface area contributed by atoms with Crippen LogP contribution in [0.5, 0.6) is 17.2 Å². The summed E-state index contributed by atoms with van der Waals surface area (Å²) in [7, 11) is 5.35. The molecule has 0 bridgehead atoms. The molecule has 38 heavy (non-hydrogen) atoms. The Morgan fingerprint density at radius 2 is 1.82 bits per heavy atom. The highest BCUT2D eigenvalue weighted by atomic mass is 16.5. The maximum absolute atomic E-state index is 11.7. The molecule has 5 rings (SSSR count). The molecule has 10 heteroatoms. The molecule has 0 saturated heterocycles. The standard InChI is InChI=1S/C28H29N7O3/c1-18-13-19(5-10-26(18)38-21-7-9-25-24(15-21)32-17-35(25)4)33-27-22-14-20(6-8-23(22)30-16-31-27)37-12-11-29-28(36)34(2)3/h5-10,13-17H,11-12H2,1-4H3,(H,29,36)(H,30,31,33). The summed E-state index contributed by atoms with van der Waals surface area (Å²) in [4.78, 5) is 26.4. The number of carbonyl (C=O) groups is 1. The van der Waals surface area contributed by atoms with Gasteiger partial charge in [0.05, 0.1) is 29.4 Å². The first-order chi connectivity index (χ1) is 18.4. The second kappa shape index (κ2) is 10.6. The van der Waals surface area contributed by atoms with Gasteiger partial charge in [-0.1, -0.05) is 0 Å². The molecule has 2 N–H and O–H groups in total. The van der Waals surface area contributed by atoms with Gasteiger partial charge in [0.1, 0.15) is 36.0 Å². The van der Waals surface area contributed by atoms with Crippen LogP contribution in [0.4, 0.5) is 16.3 Å². The summed E-state index contributed by atoms with van der Waals surface area (Å²) in [5.41, 5.74) is 4.57. The van der Waals surface area contributed by atoms with E-state index in [1.807, 2.05) is 73.1 Å². The molecular formula is C28H29N7O3. The van der Waals surface area contributed by atoms with Gasteiger partial charge in [0, 0.05) is 38.3 Å². The predicted molar refractivity (Wildman–Crippen MR) is 147 cm³/mol. The summed E-state index contributed by atoms with van der Waals surface area (Å²) >= 11 is 0. The molecule has 2 heterocycles. The maximum Gasteiger partial charge on any atom is 0.316 e. The van der Waals surface area contributed by atoms with Crippen molar-refractivity contribution in [1.29, 1.82) is 0 Å². The van der Waals surface area contributed by atoms with E-state index in [1.54, 1.807) is 20.4 Å². The molecule has 2 aromatic heterocycles. The molecule has 3 aromatic carbocycles. The molecule has 10 nitrogen and oxygen atoms in total. The third-order valence-corrected chi connectivity index (χ3v) is 6.02. The molecule has 0 radical (unpaired) electrons. The number of nitrogens with zero attached hydrogens (tertiary/aromatic N) is 5. The van der Waals surface area contributed by atoms with Gasteiger partial charge in [-0.15, -0.1) is 0 Å². The highest BCUT2D eigenvalue weighted by molar-refractivity contribution is 5.91. The zero-order chi connectivity index (χ0) is 26.6. The predicted octanol–water partition coefficient (Wildman–Crippen LogP) is 5.01. The van der Waals surface area contributed by atoms with Gasteiger partial charge in [-0.25, -0.2) is 19.7 Å². The Morgan fingerprint density at radius 1 is 0.974 bits per heavy atom. The van der Waals surface area contributed by atoms with Crippen molar-refractivity contribution in [3.63, 3.8) is 0 Å². The number of benzene rings is 3. The first-order valence-corrected chi connectivity index (χ1v) is 12.2. The van der Waals surface area contributed by atoms with Crippen molar-refractivity contribution in [2.45, 2.75) is 6.92 Å². The normalized spacial score (nSPS) is 10.9. The minimum Gasteiger partial charge on any atom is -0.492 e. The lowest BCUT2D eigenvalue weighted by molar-refractivity contribution is 0.213. The number of fused-ring (bicyclic) bond motifs is 2. The number of nitrogens with one attached hydrogen (secondary N) is 2. The molecule has 0 fully saturated rings. The molecule has 0 aliphatic carbocycles. The molecular weight excluding hydrogens is 482 g/mol. The Bertz CT molecular complexity index is 1610. The molecule has 0 aliphatic rings. The monoisotopic (exact) mass is 511 g/mol. The Morgan fingerprint density at radius 3 is 2.63 bits per heavy atom. The molecule has 0 atom stereocenters.